The monoisotopic (exact) mass is 241 g/mol. The molecule has 0 spiro atoms. The third-order valence-electron chi connectivity index (χ3n) is 1.87. The lowest BCUT2D eigenvalue weighted by molar-refractivity contribution is -0.129. The van der Waals surface area contributed by atoms with E-state index >= 15 is 0 Å². The summed E-state index contributed by atoms with van der Waals surface area (Å²) in [4.78, 5) is 12.3. The van der Waals surface area contributed by atoms with Gasteiger partial charge in [-0.15, -0.1) is 0 Å². The van der Waals surface area contributed by atoms with Crippen LogP contribution < -0.4 is 0 Å². The molecule has 0 saturated carbocycles. The summed E-state index contributed by atoms with van der Waals surface area (Å²) in [5.41, 5.74) is 0. The Balaban J connectivity index is 2.41. The molecule has 1 saturated heterocycles. The van der Waals surface area contributed by atoms with Gasteiger partial charge < -0.3 is 4.90 Å². The molecule has 0 aliphatic carbocycles. The van der Waals surface area contributed by atoms with Crippen molar-refractivity contribution in [3.05, 3.63) is 0 Å². The maximum Gasteiger partial charge on any atom is 0.255 e. The predicted molar refractivity (Wildman–Crippen MR) is 44.5 cm³/mol. The van der Waals surface area contributed by atoms with Crippen LogP contribution in [-0.2, 0) is 4.79 Å². The molecule has 0 aromatic rings. The van der Waals surface area contributed by atoms with Crippen molar-refractivity contribution < 1.29 is 13.6 Å². The highest BCUT2D eigenvalue weighted by Crippen LogP contribution is 2.20. The third-order valence-corrected chi connectivity index (χ3v) is 2.79. The van der Waals surface area contributed by atoms with Gasteiger partial charge in [0.05, 0.1) is 6.54 Å². The molecule has 12 heavy (non-hydrogen) atoms. The Labute approximate surface area is 78.0 Å². The minimum Gasteiger partial charge on any atom is -0.337 e. The fourth-order valence-corrected chi connectivity index (χ4v) is 1.73. The summed E-state index contributed by atoms with van der Waals surface area (Å²) in [5.74, 6) is 0.0519. The van der Waals surface area contributed by atoms with Gasteiger partial charge in [0.2, 0.25) is 5.91 Å². The topological polar surface area (TPSA) is 20.3 Å². The van der Waals surface area contributed by atoms with Gasteiger partial charge in [-0.05, 0) is 5.92 Å². The van der Waals surface area contributed by atoms with Crippen molar-refractivity contribution in [2.45, 2.75) is 12.8 Å². The van der Waals surface area contributed by atoms with Gasteiger partial charge in [-0.2, -0.15) is 0 Å². The Morgan fingerprint density at radius 2 is 2.33 bits per heavy atom. The summed E-state index contributed by atoms with van der Waals surface area (Å²) in [6, 6.07) is 0. The number of rotatable bonds is 3. The van der Waals surface area contributed by atoms with Gasteiger partial charge in [-0.25, -0.2) is 8.78 Å². The van der Waals surface area contributed by atoms with Crippen molar-refractivity contribution >= 4 is 21.8 Å². The van der Waals surface area contributed by atoms with Crippen molar-refractivity contribution in [2.75, 3.05) is 18.4 Å². The lowest BCUT2D eigenvalue weighted by atomic mass is 10.2. The highest BCUT2D eigenvalue weighted by atomic mass is 79.9. The van der Waals surface area contributed by atoms with E-state index in [1.165, 1.54) is 4.90 Å². The number of carbonyl (C=O) groups is 1. The zero-order valence-electron chi connectivity index (χ0n) is 6.47. The molecule has 1 amide bonds. The number of likely N-dealkylation sites (tertiary alicyclic amines) is 1. The fourth-order valence-electron chi connectivity index (χ4n) is 1.30. The van der Waals surface area contributed by atoms with E-state index in [0.29, 0.717) is 18.3 Å². The average molecular weight is 242 g/mol. The Morgan fingerprint density at radius 3 is 2.75 bits per heavy atom. The molecule has 0 N–H and O–H groups in total. The van der Waals surface area contributed by atoms with Gasteiger partial charge in [0.1, 0.15) is 0 Å². The second-order valence-electron chi connectivity index (χ2n) is 2.91. The number of hydrogen-bond acceptors (Lipinski definition) is 1. The van der Waals surface area contributed by atoms with E-state index < -0.39 is 13.0 Å². The van der Waals surface area contributed by atoms with Gasteiger partial charge >= 0.3 is 0 Å². The minimum absolute atomic E-state index is 0.153. The SMILES string of the molecule is O=C1CC(CBr)CN1CC(F)F. The van der Waals surface area contributed by atoms with Gasteiger partial charge in [-0.1, -0.05) is 15.9 Å². The van der Waals surface area contributed by atoms with Gasteiger partial charge in [0.15, 0.2) is 0 Å². The molecule has 1 atom stereocenters. The summed E-state index contributed by atoms with van der Waals surface area (Å²) in [6.07, 6.45) is -2.01. The fraction of sp³-hybridized carbons (Fsp3) is 0.857. The second kappa shape index (κ2) is 4.16. The van der Waals surface area contributed by atoms with Crippen LogP contribution in [0.25, 0.3) is 0 Å². The third kappa shape index (κ3) is 2.40. The summed E-state index contributed by atoms with van der Waals surface area (Å²) < 4.78 is 23.8. The smallest absolute Gasteiger partial charge is 0.255 e. The first-order chi connectivity index (χ1) is 5.63. The van der Waals surface area contributed by atoms with E-state index in [0.717, 1.165) is 0 Å². The first kappa shape index (κ1) is 9.89. The van der Waals surface area contributed by atoms with Gasteiger partial charge in [0.25, 0.3) is 6.43 Å². The summed E-state index contributed by atoms with van der Waals surface area (Å²) in [7, 11) is 0. The summed E-state index contributed by atoms with van der Waals surface area (Å²) >= 11 is 3.23. The lowest BCUT2D eigenvalue weighted by Crippen LogP contribution is -2.30. The molecule has 0 bridgehead atoms. The van der Waals surface area contributed by atoms with E-state index in [4.69, 9.17) is 0 Å². The van der Waals surface area contributed by atoms with E-state index in [-0.39, 0.29) is 11.8 Å². The average Bonchev–Trinajstić information content (AvgIpc) is 2.31. The van der Waals surface area contributed by atoms with E-state index in [2.05, 4.69) is 15.9 Å². The van der Waals surface area contributed by atoms with Crippen LogP contribution >= 0.6 is 15.9 Å². The molecular weight excluding hydrogens is 232 g/mol. The largest absolute Gasteiger partial charge is 0.337 e. The van der Waals surface area contributed by atoms with Crippen molar-refractivity contribution in [1.82, 2.24) is 4.90 Å². The van der Waals surface area contributed by atoms with Crippen LogP contribution in [0.2, 0.25) is 0 Å². The van der Waals surface area contributed by atoms with Crippen LogP contribution in [0, 0.1) is 5.92 Å². The number of carbonyl (C=O) groups excluding carboxylic acids is 1. The number of alkyl halides is 3. The number of halogens is 3. The molecule has 1 aliphatic rings. The lowest BCUT2D eigenvalue weighted by Gasteiger charge is -2.14. The molecule has 1 heterocycles. The molecule has 1 fully saturated rings. The van der Waals surface area contributed by atoms with Crippen molar-refractivity contribution in [3.8, 4) is 0 Å². The van der Waals surface area contributed by atoms with Crippen molar-refractivity contribution in [2.24, 2.45) is 5.92 Å². The summed E-state index contributed by atoms with van der Waals surface area (Å²) in [5, 5.41) is 0.707. The molecule has 2 nitrogen and oxygen atoms in total. The molecule has 0 radical (unpaired) electrons. The van der Waals surface area contributed by atoms with Crippen LogP contribution in [0.1, 0.15) is 6.42 Å². The highest BCUT2D eigenvalue weighted by Gasteiger charge is 2.30. The maximum atomic E-state index is 11.9. The Hall–Kier alpha value is -0.190. The van der Waals surface area contributed by atoms with E-state index in [1.807, 2.05) is 0 Å². The highest BCUT2D eigenvalue weighted by molar-refractivity contribution is 9.09. The van der Waals surface area contributed by atoms with Gasteiger partial charge in [-0.3, -0.25) is 4.79 Å². The van der Waals surface area contributed by atoms with Crippen LogP contribution in [-0.4, -0.2) is 35.7 Å². The predicted octanol–water partition coefficient (Wildman–Crippen LogP) is 1.49. The minimum atomic E-state index is -2.41. The van der Waals surface area contributed by atoms with Crippen molar-refractivity contribution in [1.29, 1.82) is 0 Å². The van der Waals surface area contributed by atoms with Crippen molar-refractivity contribution in [3.63, 3.8) is 0 Å². The molecule has 5 heteroatoms. The quantitative estimate of drug-likeness (QED) is 0.686. The van der Waals surface area contributed by atoms with Crippen LogP contribution in [0.3, 0.4) is 0 Å². The molecule has 0 aromatic heterocycles. The molecule has 1 rings (SSSR count). The molecular formula is C7H10BrF2NO. The number of hydrogen-bond donors (Lipinski definition) is 0. The first-order valence-corrected chi connectivity index (χ1v) is 4.87. The standard InChI is InChI=1S/C7H10BrF2NO/c8-2-5-1-7(12)11(3-5)4-6(9)10/h5-6H,1-4H2. The number of amides is 1. The Morgan fingerprint density at radius 1 is 1.67 bits per heavy atom. The molecule has 70 valence electrons. The Kier molecular flexibility index (Phi) is 3.43. The molecule has 1 aliphatic heterocycles. The summed E-state index contributed by atoms with van der Waals surface area (Å²) in [6.45, 7) is 0.0523. The Bertz CT molecular complexity index is 177. The van der Waals surface area contributed by atoms with Crippen LogP contribution in [0.15, 0.2) is 0 Å². The van der Waals surface area contributed by atoms with Crippen LogP contribution in [0.4, 0.5) is 8.78 Å². The second-order valence-corrected chi connectivity index (χ2v) is 3.56. The zero-order valence-corrected chi connectivity index (χ0v) is 8.06. The van der Waals surface area contributed by atoms with Crippen LogP contribution in [0.5, 0.6) is 0 Å². The normalized spacial score (nSPS) is 24.2. The van der Waals surface area contributed by atoms with Gasteiger partial charge in [0, 0.05) is 18.3 Å². The molecule has 1 unspecified atom stereocenters. The first-order valence-electron chi connectivity index (χ1n) is 3.75. The zero-order chi connectivity index (χ0) is 9.14. The number of nitrogens with zero attached hydrogens (tertiary/aromatic N) is 1. The maximum absolute atomic E-state index is 11.9. The van der Waals surface area contributed by atoms with E-state index in [9.17, 15) is 13.6 Å². The van der Waals surface area contributed by atoms with E-state index in [1.54, 1.807) is 0 Å². The molecule has 0 aromatic carbocycles.